The van der Waals surface area contributed by atoms with Crippen molar-refractivity contribution >= 4 is 0 Å². The SMILES string of the molecule is COCC1CC2CC1C1C3CC(C4C5CCC(C5)C34)C21. The molecule has 11 atom stereocenters. The molecule has 6 fully saturated rings. The van der Waals surface area contributed by atoms with Gasteiger partial charge in [-0.25, -0.2) is 0 Å². The minimum Gasteiger partial charge on any atom is -0.384 e. The van der Waals surface area contributed by atoms with E-state index in [1.54, 1.807) is 32.1 Å². The van der Waals surface area contributed by atoms with E-state index in [0.29, 0.717) is 0 Å². The normalized spacial score (nSPS) is 68.0. The molecule has 11 unspecified atom stereocenters. The van der Waals surface area contributed by atoms with Gasteiger partial charge in [0.15, 0.2) is 0 Å². The van der Waals surface area contributed by atoms with Gasteiger partial charge in [-0.15, -0.1) is 0 Å². The van der Waals surface area contributed by atoms with Crippen molar-refractivity contribution in [1.82, 2.24) is 0 Å². The van der Waals surface area contributed by atoms with Crippen molar-refractivity contribution in [3.05, 3.63) is 0 Å². The molecule has 0 aromatic carbocycles. The van der Waals surface area contributed by atoms with Crippen LogP contribution in [0.3, 0.4) is 0 Å². The molecule has 6 saturated carbocycles. The fourth-order valence-electron chi connectivity index (χ4n) is 9.34. The molecule has 0 radical (unpaired) electrons. The van der Waals surface area contributed by atoms with Crippen LogP contribution in [-0.4, -0.2) is 13.7 Å². The van der Waals surface area contributed by atoms with Gasteiger partial charge in [-0.05, 0) is 104 Å². The predicted octanol–water partition coefficient (Wildman–Crippen LogP) is 3.83. The molecule has 110 valence electrons. The zero-order valence-corrected chi connectivity index (χ0v) is 12.7. The quantitative estimate of drug-likeness (QED) is 0.694. The molecule has 6 aliphatic carbocycles. The first-order chi connectivity index (χ1) is 9.86. The summed E-state index contributed by atoms with van der Waals surface area (Å²) in [5, 5.41) is 0. The third-order valence-corrected chi connectivity index (χ3v) is 9.22. The standard InChI is InChI=1S/C19H28O/c1-20-8-12-5-11-6-13(12)19-15-7-14(18(11)19)16-9-2-3-10(4-9)17(15)16/h9-19H,2-8H2,1H3. The van der Waals surface area contributed by atoms with Gasteiger partial charge in [0.05, 0.1) is 0 Å². The summed E-state index contributed by atoms with van der Waals surface area (Å²) in [7, 11) is 1.91. The van der Waals surface area contributed by atoms with E-state index in [1.807, 2.05) is 7.11 Å². The van der Waals surface area contributed by atoms with Crippen LogP contribution in [0.4, 0.5) is 0 Å². The van der Waals surface area contributed by atoms with Gasteiger partial charge in [0.25, 0.3) is 0 Å². The lowest BCUT2D eigenvalue weighted by molar-refractivity contribution is -0.00612. The summed E-state index contributed by atoms with van der Waals surface area (Å²) in [6.07, 6.45) is 9.61. The molecule has 6 bridgehead atoms. The van der Waals surface area contributed by atoms with Gasteiger partial charge < -0.3 is 4.74 Å². The molecule has 0 heterocycles. The van der Waals surface area contributed by atoms with E-state index in [0.717, 1.165) is 30.3 Å². The monoisotopic (exact) mass is 272 g/mol. The summed E-state index contributed by atoms with van der Waals surface area (Å²) < 4.78 is 5.54. The first-order valence-corrected chi connectivity index (χ1v) is 9.35. The number of hydrogen-bond acceptors (Lipinski definition) is 1. The summed E-state index contributed by atoms with van der Waals surface area (Å²) in [6.45, 7) is 1.06. The predicted molar refractivity (Wildman–Crippen MR) is 78.0 cm³/mol. The Kier molecular flexibility index (Phi) is 2.10. The Morgan fingerprint density at radius 2 is 1.40 bits per heavy atom. The second-order valence-electron chi connectivity index (χ2n) is 9.32. The smallest absolute Gasteiger partial charge is 0.0493 e. The largest absolute Gasteiger partial charge is 0.384 e. The molecule has 0 saturated heterocycles. The lowest BCUT2D eigenvalue weighted by atomic mass is 9.58. The Morgan fingerprint density at radius 1 is 0.700 bits per heavy atom. The fourth-order valence-corrected chi connectivity index (χ4v) is 9.34. The van der Waals surface area contributed by atoms with Crippen LogP contribution in [0, 0.1) is 65.1 Å². The average molecular weight is 272 g/mol. The highest BCUT2D eigenvalue weighted by Crippen LogP contribution is 2.77. The summed E-state index contributed by atoms with van der Waals surface area (Å²) in [4.78, 5) is 0. The summed E-state index contributed by atoms with van der Waals surface area (Å²) in [6, 6.07) is 0. The fraction of sp³-hybridized carbons (Fsp3) is 1.00. The second kappa shape index (κ2) is 3.65. The molecule has 6 aliphatic rings. The van der Waals surface area contributed by atoms with Crippen LogP contribution in [0.15, 0.2) is 0 Å². The van der Waals surface area contributed by atoms with Gasteiger partial charge >= 0.3 is 0 Å². The van der Waals surface area contributed by atoms with E-state index in [4.69, 9.17) is 4.74 Å². The highest BCUT2D eigenvalue weighted by atomic mass is 16.5. The van der Waals surface area contributed by atoms with Crippen molar-refractivity contribution in [3.63, 3.8) is 0 Å². The third-order valence-electron chi connectivity index (χ3n) is 9.22. The van der Waals surface area contributed by atoms with E-state index >= 15 is 0 Å². The summed E-state index contributed by atoms with van der Waals surface area (Å²) in [5.74, 6) is 12.5. The Hall–Kier alpha value is -0.0400. The van der Waals surface area contributed by atoms with Crippen molar-refractivity contribution in [2.45, 2.75) is 38.5 Å². The van der Waals surface area contributed by atoms with E-state index in [1.165, 1.54) is 47.8 Å². The molecule has 0 spiro atoms. The molecule has 1 heteroatoms. The number of hydrogen-bond donors (Lipinski definition) is 0. The van der Waals surface area contributed by atoms with E-state index in [-0.39, 0.29) is 0 Å². The first-order valence-electron chi connectivity index (χ1n) is 9.35. The Balaban J connectivity index is 1.36. The van der Waals surface area contributed by atoms with Crippen molar-refractivity contribution in [2.24, 2.45) is 65.1 Å². The van der Waals surface area contributed by atoms with Crippen molar-refractivity contribution in [2.75, 3.05) is 13.7 Å². The highest BCUT2D eigenvalue weighted by molar-refractivity contribution is 5.19. The zero-order chi connectivity index (χ0) is 13.0. The molecular weight excluding hydrogens is 244 g/mol. The van der Waals surface area contributed by atoms with Gasteiger partial charge in [-0.2, -0.15) is 0 Å². The molecule has 0 aromatic rings. The summed E-state index contributed by atoms with van der Waals surface area (Å²) >= 11 is 0. The number of fused-ring (bicyclic) bond motifs is 16. The lowest BCUT2D eigenvalue weighted by Crippen LogP contribution is -2.43. The number of rotatable bonds is 2. The van der Waals surface area contributed by atoms with Gasteiger partial charge in [-0.3, -0.25) is 0 Å². The maximum absolute atomic E-state index is 5.54. The zero-order valence-electron chi connectivity index (χ0n) is 12.7. The van der Waals surface area contributed by atoms with Crippen LogP contribution in [0.25, 0.3) is 0 Å². The van der Waals surface area contributed by atoms with E-state index < -0.39 is 0 Å². The Bertz CT molecular complexity index is 445. The maximum Gasteiger partial charge on any atom is 0.0493 e. The van der Waals surface area contributed by atoms with Crippen LogP contribution in [0.5, 0.6) is 0 Å². The van der Waals surface area contributed by atoms with Crippen molar-refractivity contribution in [3.8, 4) is 0 Å². The van der Waals surface area contributed by atoms with Crippen LogP contribution in [0.1, 0.15) is 38.5 Å². The molecule has 0 aliphatic heterocycles. The average Bonchev–Trinajstić information content (AvgIpc) is 3.23. The van der Waals surface area contributed by atoms with Crippen LogP contribution in [0.2, 0.25) is 0 Å². The number of ether oxygens (including phenoxy) is 1. The molecule has 20 heavy (non-hydrogen) atoms. The second-order valence-corrected chi connectivity index (χ2v) is 9.32. The van der Waals surface area contributed by atoms with E-state index in [2.05, 4.69) is 0 Å². The molecule has 0 amide bonds. The minimum absolute atomic E-state index is 0.933. The number of methoxy groups -OCH3 is 1. The highest BCUT2D eigenvalue weighted by Gasteiger charge is 2.71. The van der Waals surface area contributed by atoms with Crippen LogP contribution in [-0.2, 0) is 4.74 Å². The van der Waals surface area contributed by atoms with Crippen molar-refractivity contribution < 1.29 is 4.74 Å². The first kappa shape index (κ1) is 11.5. The van der Waals surface area contributed by atoms with E-state index in [9.17, 15) is 0 Å². The minimum atomic E-state index is 0.933. The molecule has 6 rings (SSSR count). The Morgan fingerprint density at radius 3 is 2.15 bits per heavy atom. The lowest BCUT2D eigenvalue weighted by Gasteiger charge is -2.46. The van der Waals surface area contributed by atoms with Crippen molar-refractivity contribution in [1.29, 1.82) is 0 Å². The molecule has 0 N–H and O–H groups in total. The molecule has 0 aromatic heterocycles. The Labute approximate surface area is 122 Å². The molecular formula is C19H28O. The maximum atomic E-state index is 5.54. The molecule has 1 nitrogen and oxygen atoms in total. The van der Waals surface area contributed by atoms with Gasteiger partial charge in [0.2, 0.25) is 0 Å². The topological polar surface area (TPSA) is 9.23 Å². The third kappa shape index (κ3) is 1.12. The van der Waals surface area contributed by atoms with Crippen LogP contribution >= 0.6 is 0 Å². The summed E-state index contributed by atoms with van der Waals surface area (Å²) in [5.41, 5.74) is 0. The van der Waals surface area contributed by atoms with Gasteiger partial charge in [0, 0.05) is 13.7 Å². The van der Waals surface area contributed by atoms with Crippen LogP contribution < -0.4 is 0 Å². The van der Waals surface area contributed by atoms with Gasteiger partial charge in [0.1, 0.15) is 0 Å². The van der Waals surface area contributed by atoms with Gasteiger partial charge in [-0.1, -0.05) is 0 Å².